The molecule has 0 atom stereocenters. The zero-order valence-corrected chi connectivity index (χ0v) is 19.1. The van der Waals surface area contributed by atoms with Crippen LogP contribution in [0.25, 0.3) is 17.0 Å². The number of rotatable bonds is 7. The van der Waals surface area contributed by atoms with Gasteiger partial charge in [0.1, 0.15) is 0 Å². The third kappa shape index (κ3) is 5.10. The van der Waals surface area contributed by atoms with E-state index < -0.39 is 0 Å². The number of nitrogens with one attached hydrogen (secondary N) is 1. The minimum Gasteiger partial charge on any atom is -0.361 e. The molecule has 3 aromatic carbocycles. The first-order valence-electron chi connectivity index (χ1n) is 11.2. The molecule has 5 rings (SSSR count). The second kappa shape index (κ2) is 9.92. The molecule has 0 radical (unpaired) electrons. The number of benzene rings is 3. The zero-order chi connectivity index (χ0) is 22.5. The molecular formula is C28H25N3OS. The molecule has 0 unspecified atom stereocenters. The van der Waals surface area contributed by atoms with Crippen molar-refractivity contribution < 1.29 is 4.79 Å². The van der Waals surface area contributed by atoms with Gasteiger partial charge in [0, 0.05) is 18.3 Å². The first kappa shape index (κ1) is 21.3. The Kier molecular flexibility index (Phi) is 6.40. The van der Waals surface area contributed by atoms with Gasteiger partial charge in [-0.2, -0.15) is 0 Å². The van der Waals surface area contributed by atoms with Crippen LogP contribution in [0.4, 0.5) is 0 Å². The van der Waals surface area contributed by atoms with Crippen LogP contribution in [0.5, 0.6) is 0 Å². The summed E-state index contributed by atoms with van der Waals surface area (Å²) in [5, 5.41) is 1.92. The number of aromatic nitrogens is 1. The number of hydrogen-bond donors (Lipinski definition) is 1. The fraction of sp³-hybridized carbons (Fsp3) is 0.143. The van der Waals surface area contributed by atoms with Crippen molar-refractivity contribution in [2.24, 2.45) is 4.99 Å². The summed E-state index contributed by atoms with van der Waals surface area (Å²) in [6.07, 6.45) is 5.74. The van der Waals surface area contributed by atoms with Gasteiger partial charge in [0.15, 0.2) is 5.17 Å². The van der Waals surface area contributed by atoms with E-state index in [1.165, 1.54) is 17.3 Å². The van der Waals surface area contributed by atoms with Gasteiger partial charge in [0.2, 0.25) is 0 Å². The molecule has 0 saturated carbocycles. The molecule has 2 heterocycles. The maximum Gasteiger partial charge on any atom is 0.266 e. The minimum atomic E-state index is 0.0361. The Morgan fingerprint density at radius 3 is 2.45 bits per heavy atom. The van der Waals surface area contributed by atoms with Crippen molar-refractivity contribution in [1.29, 1.82) is 0 Å². The number of carbonyl (C=O) groups excluding carboxylic acids is 1. The molecular weight excluding hydrogens is 426 g/mol. The highest BCUT2D eigenvalue weighted by Gasteiger charge is 2.32. The third-order valence-corrected chi connectivity index (χ3v) is 6.74. The van der Waals surface area contributed by atoms with Gasteiger partial charge in [-0.05, 0) is 71.0 Å². The number of nitrogens with zero attached hydrogens (tertiary/aromatic N) is 2. The van der Waals surface area contributed by atoms with Crippen molar-refractivity contribution in [3.63, 3.8) is 0 Å². The Balaban J connectivity index is 1.37. The van der Waals surface area contributed by atoms with Crippen LogP contribution < -0.4 is 0 Å². The summed E-state index contributed by atoms with van der Waals surface area (Å²) in [5.74, 6) is 0.0361. The van der Waals surface area contributed by atoms with E-state index in [0.717, 1.165) is 44.9 Å². The smallest absolute Gasteiger partial charge is 0.266 e. The molecule has 0 bridgehead atoms. The van der Waals surface area contributed by atoms with E-state index in [0.29, 0.717) is 13.1 Å². The van der Waals surface area contributed by atoms with Gasteiger partial charge in [-0.3, -0.25) is 14.7 Å². The van der Waals surface area contributed by atoms with E-state index in [9.17, 15) is 4.79 Å². The number of hydrogen-bond acceptors (Lipinski definition) is 3. The molecule has 5 heteroatoms. The SMILES string of the molecule is O=C1/C(=C/c2ccc3[nH]ccc3c2)S/C(=N\Cc2ccccc2)N1CCCc1ccccc1. The second-order valence-corrected chi connectivity index (χ2v) is 9.07. The molecule has 1 aliphatic rings. The van der Waals surface area contributed by atoms with Gasteiger partial charge in [0.25, 0.3) is 5.91 Å². The Morgan fingerprint density at radius 2 is 1.67 bits per heavy atom. The van der Waals surface area contributed by atoms with Gasteiger partial charge in [-0.25, -0.2) is 0 Å². The molecule has 1 aromatic heterocycles. The van der Waals surface area contributed by atoms with E-state index in [4.69, 9.17) is 4.99 Å². The molecule has 0 spiro atoms. The largest absolute Gasteiger partial charge is 0.361 e. The molecule has 1 aliphatic heterocycles. The number of amidine groups is 1. The molecule has 1 saturated heterocycles. The van der Waals surface area contributed by atoms with Gasteiger partial charge in [-0.1, -0.05) is 66.7 Å². The van der Waals surface area contributed by atoms with Crippen LogP contribution >= 0.6 is 11.8 Å². The van der Waals surface area contributed by atoms with E-state index in [2.05, 4.69) is 47.4 Å². The van der Waals surface area contributed by atoms with Crippen molar-refractivity contribution in [2.75, 3.05) is 6.54 Å². The number of H-pyrrole nitrogens is 1. The number of thioether (sulfide) groups is 1. The normalized spacial score (nSPS) is 16.4. The number of carbonyl (C=O) groups is 1. The Labute approximate surface area is 198 Å². The lowest BCUT2D eigenvalue weighted by Gasteiger charge is -2.15. The third-order valence-electron chi connectivity index (χ3n) is 5.69. The molecule has 0 aliphatic carbocycles. The lowest BCUT2D eigenvalue weighted by atomic mass is 10.1. The summed E-state index contributed by atoms with van der Waals surface area (Å²) < 4.78 is 0. The van der Waals surface area contributed by atoms with E-state index in [-0.39, 0.29) is 5.91 Å². The average Bonchev–Trinajstić information content (AvgIpc) is 3.44. The number of aliphatic imine (C=N–C) groups is 1. The quantitative estimate of drug-likeness (QED) is 0.337. The first-order valence-corrected chi connectivity index (χ1v) is 12.0. The highest BCUT2D eigenvalue weighted by molar-refractivity contribution is 8.18. The van der Waals surface area contributed by atoms with Crippen LogP contribution in [0.2, 0.25) is 0 Å². The van der Waals surface area contributed by atoms with Gasteiger partial charge >= 0.3 is 0 Å². The Hall–Kier alpha value is -3.57. The number of aromatic amines is 1. The van der Waals surface area contributed by atoms with Crippen molar-refractivity contribution in [3.8, 4) is 0 Å². The summed E-state index contributed by atoms with van der Waals surface area (Å²) in [7, 11) is 0. The van der Waals surface area contributed by atoms with E-state index in [1.54, 1.807) is 0 Å². The van der Waals surface area contributed by atoms with Gasteiger partial charge in [-0.15, -0.1) is 0 Å². The van der Waals surface area contributed by atoms with Crippen LogP contribution in [0.1, 0.15) is 23.1 Å². The summed E-state index contributed by atoms with van der Waals surface area (Å²) >= 11 is 1.47. The molecule has 1 amide bonds. The van der Waals surface area contributed by atoms with Crippen LogP contribution in [0, 0.1) is 0 Å². The minimum absolute atomic E-state index is 0.0361. The zero-order valence-electron chi connectivity index (χ0n) is 18.3. The molecule has 4 nitrogen and oxygen atoms in total. The van der Waals surface area contributed by atoms with E-state index >= 15 is 0 Å². The van der Waals surface area contributed by atoms with Gasteiger partial charge in [0.05, 0.1) is 11.4 Å². The Bertz CT molecular complexity index is 1310. The molecule has 1 N–H and O–H groups in total. The predicted molar refractivity (Wildman–Crippen MR) is 138 cm³/mol. The van der Waals surface area contributed by atoms with Crippen LogP contribution in [0.15, 0.2) is 101 Å². The van der Waals surface area contributed by atoms with Crippen molar-refractivity contribution in [1.82, 2.24) is 9.88 Å². The predicted octanol–water partition coefficient (Wildman–Crippen LogP) is 6.27. The molecule has 164 valence electrons. The highest BCUT2D eigenvalue weighted by Crippen LogP contribution is 2.33. The van der Waals surface area contributed by atoms with Crippen LogP contribution in [-0.2, 0) is 17.8 Å². The van der Waals surface area contributed by atoms with E-state index in [1.807, 2.05) is 59.6 Å². The molecule has 4 aromatic rings. The maximum atomic E-state index is 13.3. The summed E-state index contributed by atoms with van der Waals surface area (Å²) in [4.78, 5) is 23.9. The monoisotopic (exact) mass is 451 g/mol. The first-order chi connectivity index (χ1) is 16.3. The standard InChI is InChI=1S/C28H25N3OS/c32-27-26(19-23-13-14-25-24(18-23)15-16-29-25)33-28(30-20-22-10-5-2-6-11-22)31(27)17-7-12-21-8-3-1-4-9-21/h1-6,8-11,13-16,18-19,29H,7,12,17,20H2/b26-19-,30-28-. The summed E-state index contributed by atoms with van der Waals surface area (Å²) in [6.45, 7) is 1.22. The van der Waals surface area contributed by atoms with Crippen molar-refractivity contribution in [3.05, 3.63) is 113 Å². The fourth-order valence-electron chi connectivity index (χ4n) is 3.96. The topological polar surface area (TPSA) is 48.5 Å². The lowest BCUT2D eigenvalue weighted by Crippen LogP contribution is -2.30. The molecule has 33 heavy (non-hydrogen) atoms. The van der Waals surface area contributed by atoms with Crippen molar-refractivity contribution in [2.45, 2.75) is 19.4 Å². The summed E-state index contributed by atoms with van der Waals surface area (Å²) in [6, 6.07) is 28.8. The number of fused-ring (bicyclic) bond motifs is 1. The highest BCUT2D eigenvalue weighted by atomic mass is 32.2. The second-order valence-electron chi connectivity index (χ2n) is 8.07. The maximum absolute atomic E-state index is 13.3. The number of amides is 1. The average molecular weight is 452 g/mol. The molecule has 1 fully saturated rings. The van der Waals surface area contributed by atoms with Crippen LogP contribution in [0.3, 0.4) is 0 Å². The van der Waals surface area contributed by atoms with Gasteiger partial charge < -0.3 is 4.98 Å². The summed E-state index contributed by atoms with van der Waals surface area (Å²) in [5.41, 5.74) is 4.54. The number of aryl methyl sites for hydroxylation is 1. The van der Waals surface area contributed by atoms with Crippen LogP contribution in [-0.4, -0.2) is 27.5 Å². The Morgan fingerprint density at radius 1 is 0.909 bits per heavy atom. The fourth-order valence-corrected chi connectivity index (χ4v) is 4.97. The van der Waals surface area contributed by atoms with Crippen molar-refractivity contribution >= 4 is 39.8 Å². The lowest BCUT2D eigenvalue weighted by molar-refractivity contribution is -0.122.